The molecule has 3 rings (SSSR count). The van der Waals surface area contributed by atoms with Gasteiger partial charge in [0.05, 0.1) is 38.6 Å². The number of carbonyl (C=O) groups excluding carboxylic acids is 1. The number of allylic oxidation sites excluding steroid dienone is 4. The minimum absolute atomic E-state index is 0.238. The minimum Gasteiger partial charge on any atom is -0.394 e. The summed E-state index contributed by atoms with van der Waals surface area (Å²) in [6.45, 7) is 1.84. The number of ether oxygens (including phenoxy) is 6. The predicted molar refractivity (Wildman–Crippen MR) is 365 cm³/mol. The van der Waals surface area contributed by atoms with Crippen molar-refractivity contribution >= 4 is 5.91 Å². The van der Waals surface area contributed by atoms with Gasteiger partial charge in [-0.05, 0) is 44.9 Å². The summed E-state index contributed by atoms with van der Waals surface area (Å²) in [5.41, 5.74) is 0. The third kappa shape index (κ3) is 37.3. The van der Waals surface area contributed by atoms with Crippen molar-refractivity contribution in [3.8, 4) is 0 Å². The molecule has 3 aliphatic heterocycles. The van der Waals surface area contributed by atoms with Crippen LogP contribution >= 0.6 is 0 Å². The zero-order chi connectivity index (χ0) is 67.5. The van der Waals surface area contributed by atoms with Gasteiger partial charge in [-0.25, -0.2) is 0 Å². The first-order valence-electron chi connectivity index (χ1n) is 38.1. The number of nitrogens with one attached hydrogen (secondary N) is 1. The summed E-state index contributed by atoms with van der Waals surface area (Å²) in [6.07, 6.45) is 38.2. The van der Waals surface area contributed by atoms with Crippen molar-refractivity contribution in [2.75, 3.05) is 26.4 Å². The number of aliphatic hydroxyl groups is 11. The van der Waals surface area contributed by atoms with Crippen LogP contribution < -0.4 is 5.32 Å². The van der Waals surface area contributed by atoms with E-state index in [1.807, 2.05) is 0 Å². The zero-order valence-electron chi connectivity index (χ0n) is 58.3. The molecule has 3 saturated heterocycles. The Bertz CT molecular complexity index is 1780. The fraction of sp³-hybridized carbons (Fsp3) is 0.932. The second-order valence-electron chi connectivity index (χ2n) is 27.5. The van der Waals surface area contributed by atoms with Crippen molar-refractivity contribution in [1.29, 1.82) is 0 Å². The SMILES string of the molecule is CCCCCCC/C=C\C/C=C\CCCCCCCCCCCCCCCCCC(=O)NC(COC1OC(CO)C(OC2OC(CO)C(OC3OC(CO)C(O)C(O)C3O)C(O)C2O)C(O)C1O)C(O)CCCCCCCCCCCCCCCCCCCCCCC. The molecule has 548 valence electrons. The highest BCUT2D eigenvalue weighted by Crippen LogP contribution is 2.33. The number of unbranched alkanes of at least 4 members (excludes halogenated alkanes) is 40. The Labute approximate surface area is 562 Å². The Balaban J connectivity index is 1.39. The van der Waals surface area contributed by atoms with Crippen molar-refractivity contribution in [2.45, 2.75) is 413 Å². The molecule has 1 amide bonds. The van der Waals surface area contributed by atoms with Gasteiger partial charge in [-0.1, -0.05) is 282 Å². The molecule has 12 N–H and O–H groups in total. The number of amides is 1. The third-order valence-corrected chi connectivity index (χ3v) is 19.3. The van der Waals surface area contributed by atoms with Crippen molar-refractivity contribution in [3.63, 3.8) is 0 Å². The highest BCUT2D eigenvalue weighted by molar-refractivity contribution is 5.76. The zero-order valence-corrected chi connectivity index (χ0v) is 58.3. The van der Waals surface area contributed by atoms with Crippen molar-refractivity contribution in [1.82, 2.24) is 5.32 Å². The fourth-order valence-corrected chi connectivity index (χ4v) is 13.1. The van der Waals surface area contributed by atoms with Crippen LogP contribution in [0.4, 0.5) is 0 Å². The lowest BCUT2D eigenvalue weighted by molar-refractivity contribution is -0.379. The number of rotatable bonds is 60. The monoisotopic (exact) mass is 1330 g/mol. The molecule has 93 heavy (non-hydrogen) atoms. The fourth-order valence-electron chi connectivity index (χ4n) is 13.1. The summed E-state index contributed by atoms with van der Waals surface area (Å²) >= 11 is 0. The quantitative estimate of drug-likeness (QED) is 0.0199. The number of hydrogen-bond donors (Lipinski definition) is 12. The molecule has 0 spiro atoms. The minimum atomic E-state index is -1.97. The van der Waals surface area contributed by atoms with E-state index in [1.54, 1.807) is 0 Å². The summed E-state index contributed by atoms with van der Waals surface area (Å²) in [4.78, 5) is 13.5. The highest BCUT2D eigenvalue weighted by Gasteiger charge is 2.53. The maximum absolute atomic E-state index is 13.5. The Morgan fingerprint density at radius 1 is 0.387 bits per heavy atom. The van der Waals surface area contributed by atoms with Gasteiger partial charge >= 0.3 is 0 Å². The van der Waals surface area contributed by atoms with E-state index in [9.17, 15) is 61.0 Å². The number of hydrogen-bond acceptors (Lipinski definition) is 18. The molecule has 0 aromatic rings. The Morgan fingerprint density at radius 2 is 0.710 bits per heavy atom. The molecule has 17 unspecified atom stereocenters. The van der Waals surface area contributed by atoms with Crippen LogP contribution in [-0.4, -0.2) is 193 Å². The van der Waals surface area contributed by atoms with Gasteiger partial charge in [0.25, 0.3) is 0 Å². The summed E-state index contributed by atoms with van der Waals surface area (Å²) in [5.74, 6) is -0.238. The maximum Gasteiger partial charge on any atom is 0.220 e. The Morgan fingerprint density at radius 3 is 1.10 bits per heavy atom. The molecule has 0 aromatic heterocycles. The van der Waals surface area contributed by atoms with Crippen LogP contribution in [0.5, 0.6) is 0 Å². The average Bonchev–Trinajstić information content (AvgIpc) is 0.902. The van der Waals surface area contributed by atoms with E-state index in [-0.39, 0.29) is 18.9 Å². The molecule has 19 nitrogen and oxygen atoms in total. The van der Waals surface area contributed by atoms with Crippen LogP contribution in [0, 0.1) is 0 Å². The molecule has 0 saturated carbocycles. The van der Waals surface area contributed by atoms with Crippen LogP contribution in [-0.2, 0) is 33.2 Å². The smallest absolute Gasteiger partial charge is 0.220 e. The molecule has 0 bridgehead atoms. The number of aliphatic hydroxyl groups excluding tert-OH is 11. The second-order valence-corrected chi connectivity index (χ2v) is 27.5. The molecule has 3 fully saturated rings. The van der Waals surface area contributed by atoms with Crippen LogP contribution in [0.2, 0.25) is 0 Å². The van der Waals surface area contributed by atoms with Gasteiger partial charge in [-0.15, -0.1) is 0 Å². The van der Waals surface area contributed by atoms with E-state index in [1.165, 1.54) is 225 Å². The van der Waals surface area contributed by atoms with Gasteiger partial charge in [-0.3, -0.25) is 4.79 Å². The first-order chi connectivity index (χ1) is 45.3. The molecule has 0 aromatic carbocycles. The average molecular weight is 1330 g/mol. The summed E-state index contributed by atoms with van der Waals surface area (Å²) < 4.78 is 34.5. The van der Waals surface area contributed by atoms with Crippen molar-refractivity contribution < 1.29 is 89.4 Å². The van der Waals surface area contributed by atoms with Crippen LogP contribution in [0.1, 0.15) is 309 Å². The molecule has 17 atom stereocenters. The molecule has 19 heteroatoms. The van der Waals surface area contributed by atoms with Crippen molar-refractivity contribution in [2.24, 2.45) is 0 Å². The lowest BCUT2D eigenvalue weighted by atomic mass is 9.96. The van der Waals surface area contributed by atoms with E-state index in [4.69, 9.17) is 28.4 Å². The molecule has 3 aliphatic rings. The second kappa shape index (κ2) is 56.1. The van der Waals surface area contributed by atoms with E-state index in [0.29, 0.717) is 12.8 Å². The van der Waals surface area contributed by atoms with Crippen LogP contribution in [0.25, 0.3) is 0 Å². The highest BCUT2D eigenvalue weighted by atomic mass is 16.8. The van der Waals surface area contributed by atoms with Gasteiger partial charge in [0, 0.05) is 6.42 Å². The van der Waals surface area contributed by atoms with Gasteiger partial charge in [0.15, 0.2) is 18.9 Å². The van der Waals surface area contributed by atoms with Gasteiger partial charge in [-0.2, -0.15) is 0 Å². The third-order valence-electron chi connectivity index (χ3n) is 19.3. The molecular weight excluding hydrogens is 1190 g/mol. The molecular formula is C74H139NO18. The predicted octanol–water partition coefficient (Wildman–Crippen LogP) is 11.4. The topological polar surface area (TPSA) is 307 Å². The van der Waals surface area contributed by atoms with E-state index < -0.39 is 124 Å². The van der Waals surface area contributed by atoms with Crippen molar-refractivity contribution in [3.05, 3.63) is 24.3 Å². The van der Waals surface area contributed by atoms with E-state index in [2.05, 4.69) is 43.5 Å². The number of carbonyl (C=O) groups is 1. The van der Waals surface area contributed by atoms with Gasteiger partial charge in [0.1, 0.15) is 73.2 Å². The lowest BCUT2D eigenvalue weighted by Gasteiger charge is -2.48. The summed E-state index contributed by atoms with van der Waals surface area (Å²) in [5, 5.41) is 121. The van der Waals surface area contributed by atoms with Gasteiger partial charge < -0.3 is 89.9 Å². The first kappa shape index (κ1) is 85.5. The van der Waals surface area contributed by atoms with E-state index in [0.717, 1.165) is 51.4 Å². The maximum atomic E-state index is 13.5. The van der Waals surface area contributed by atoms with E-state index >= 15 is 0 Å². The summed E-state index contributed by atoms with van der Waals surface area (Å²) in [7, 11) is 0. The Hall–Kier alpha value is -1.73. The standard InChI is InChI=1S/C74H139NO18/c1-3-5-7-9-11-13-15-17-19-21-23-25-26-27-28-29-30-32-34-36-38-40-42-44-46-48-50-52-62(80)75-57(58(79)51-49-47-45-43-41-39-37-35-33-31-24-22-20-18-16-14-12-10-8-6-4-2)56-88-72-68(86)65(83)70(60(54-77)90-72)93-74-69(87)66(84)71(61(55-78)91-74)92-73-67(85)64(82)63(81)59(53-76)89-73/h15,17,21,23,57-61,63-74,76-79,81-87H,3-14,16,18-20,22,24-56H2,1-2H3,(H,75,80)/b17-15-,23-21-. The lowest BCUT2D eigenvalue weighted by Crippen LogP contribution is -2.66. The normalized spacial score (nSPS) is 27.6. The largest absolute Gasteiger partial charge is 0.394 e. The summed E-state index contributed by atoms with van der Waals surface area (Å²) in [6, 6.07) is -0.886. The van der Waals surface area contributed by atoms with Crippen LogP contribution in [0.15, 0.2) is 24.3 Å². The molecule has 3 heterocycles. The molecule has 0 radical (unpaired) electrons. The first-order valence-corrected chi connectivity index (χ1v) is 38.1. The van der Waals surface area contributed by atoms with Crippen LogP contribution in [0.3, 0.4) is 0 Å². The van der Waals surface area contributed by atoms with Gasteiger partial charge in [0.2, 0.25) is 5.91 Å². The Kier molecular flexibility index (Phi) is 51.5. The molecule has 0 aliphatic carbocycles.